The lowest BCUT2D eigenvalue weighted by Crippen LogP contribution is -2.49. The van der Waals surface area contributed by atoms with Crippen LogP contribution in [0.5, 0.6) is 5.75 Å². The molecule has 1 saturated heterocycles. The van der Waals surface area contributed by atoms with E-state index >= 15 is 0 Å². The van der Waals surface area contributed by atoms with Gasteiger partial charge in [0.2, 0.25) is 0 Å². The summed E-state index contributed by atoms with van der Waals surface area (Å²) in [6.07, 6.45) is 4.39. The SMILES string of the molecule is COc1ccc2c(c1)CCN(C1CCN(c3cc(C(=O)N4CCc5c(C)ccc(F)c5C4)ncn3)CC1)C(=O)N2. The number of aryl methyl sites for hydroxylation is 1. The second-order valence-electron chi connectivity index (χ2n) is 10.7. The Morgan fingerprint density at radius 2 is 1.85 bits per heavy atom. The second-order valence-corrected chi connectivity index (χ2v) is 10.7. The molecule has 0 aliphatic carbocycles. The van der Waals surface area contributed by atoms with Crippen LogP contribution in [0.25, 0.3) is 0 Å². The van der Waals surface area contributed by atoms with Gasteiger partial charge < -0.3 is 24.8 Å². The van der Waals surface area contributed by atoms with Crippen LogP contribution in [0.15, 0.2) is 42.7 Å². The molecular formula is C30H33FN6O3. The molecule has 1 N–H and O–H groups in total. The van der Waals surface area contributed by atoms with E-state index in [-0.39, 0.29) is 30.3 Å². The minimum Gasteiger partial charge on any atom is -0.497 e. The van der Waals surface area contributed by atoms with E-state index in [1.807, 2.05) is 30.0 Å². The number of halogens is 1. The van der Waals surface area contributed by atoms with Gasteiger partial charge in [0.15, 0.2) is 0 Å². The van der Waals surface area contributed by atoms with Crippen molar-refractivity contribution >= 4 is 23.4 Å². The van der Waals surface area contributed by atoms with Gasteiger partial charge in [-0.05, 0) is 73.6 Å². The Morgan fingerprint density at radius 3 is 2.65 bits per heavy atom. The Hall–Kier alpha value is -4.21. The van der Waals surface area contributed by atoms with Gasteiger partial charge in [-0.1, -0.05) is 6.07 Å². The van der Waals surface area contributed by atoms with E-state index in [1.165, 1.54) is 12.4 Å². The Bertz CT molecular complexity index is 1460. The van der Waals surface area contributed by atoms with Crippen molar-refractivity contribution in [2.75, 3.05) is 43.5 Å². The van der Waals surface area contributed by atoms with Crippen molar-refractivity contribution in [3.8, 4) is 5.75 Å². The monoisotopic (exact) mass is 544 g/mol. The standard InChI is InChI=1S/C30H33FN6O3/c1-19-3-5-25(31)24-17-36(13-10-23(19)24)29(38)27-16-28(33-18-32-27)35-11-8-21(9-12-35)37-14-7-20-15-22(40-2)4-6-26(20)34-30(37)39/h3-6,15-16,18,21H,7-14,17H2,1-2H3,(H,34,39). The number of methoxy groups -OCH3 is 1. The molecule has 0 saturated carbocycles. The molecule has 0 unspecified atom stereocenters. The third-order valence-corrected chi connectivity index (χ3v) is 8.41. The van der Waals surface area contributed by atoms with E-state index < -0.39 is 0 Å². The van der Waals surface area contributed by atoms with Crippen LogP contribution in [0.3, 0.4) is 0 Å². The zero-order valence-electron chi connectivity index (χ0n) is 22.8. The van der Waals surface area contributed by atoms with Crippen LogP contribution >= 0.6 is 0 Å². The summed E-state index contributed by atoms with van der Waals surface area (Å²) in [7, 11) is 1.64. The molecule has 4 heterocycles. The van der Waals surface area contributed by atoms with Crippen molar-refractivity contribution < 1.29 is 18.7 Å². The second kappa shape index (κ2) is 10.7. The highest BCUT2D eigenvalue weighted by molar-refractivity contribution is 5.93. The summed E-state index contributed by atoms with van der Waals surface area (Å²) in [5, 5.41) is 3.06. The fraction of sp³-hybridized carbons (Fsp3) is 0.400. The number of nitrogens with one attached hydrogen (secondary N) is 1. The molecule has 3 aliphatic heterocycles. The summed E-state index contributed by atoms with van der Waals surface area (Å²) in [6, 6.07) is 10.8. The molecule has 1 fully saturated rings. The van der Waals surface area contributed by atoms with Crippen LogP contribution in [0.2, 0.25) is 0 Å². The van der Waals surface area contributed by atoms with Gasteiger partial charge in [0.25, 0.3) is 5.91 Å². The predicted octanol–water partition coefficient (Wildman–Crippen LogP) is 4.19. The Labute approximate surface area is 233 Å². The number of ether oxygens (including phenoxy) is 1. The van der Waals surface area contributed by atoms with Gasteiger partial charge >= 0.3 is 6.03 Å². The molecule has 0 radical (unpaired) electrons. The largest absolute Gasteiger partial charge is 0.497 e. The molecule has 3 aliphatic rings. The zero-order chi connectivity index (χ0) is 27.8. The molecule has 208 valence electrons. The molecule has 6 rings (SSSR count). The highest BCUT2D eigenvalue weighted by Crippen LogP contribution is 2.29. The Kier molecular flexibility index (Phi) is 7.00. The number of piperidine rings is 1. The van der Waals surface area contributed by atoms with Crippen LogP contribution < -0.4 is 15.0 Å². The maximum absolute atomic E-state index is 14.5. The Morgan fingerprint density at radius 1 is 1.02 bits per heavy atom. The first-order valence-corrected chi connectivity index (χ1v) is 13.8. The van der Waals surface area contributed by atoms with Crippen LogP contribution in [-0.2, 0) is 19.4 Å². The van der Waals surface area contributed by atoms with Gasteiger partial charge in [-0.3, -0.25) is 4.79 Å². The summed E-state index contributed by atoms with van der Waals surface area (Å²) in [5.74, 6) is 0.981. The van der Waals surface area contributed by atoms with Crippen molar-refractivity contribution in [2.24, 2.45) is 0 Å². The van der Waals surface area contributed by atoms with E-state index in [4.69, 9.17) is 4.74 Å². The number of aromatic nitrogens is 2. The molecule has 2 aromatic carbocycles. The Balaban J connectivity index is 1.10. The summed E-state index contributed by atoms with van der Waals surface area (Å²) in [4.78, 5) is 40.8. The first-order chi connectivity index (χ1) is 19.4. The quantitative estimate of drug-likeness (QED) is 0.530. The number of anilines is 2. The summed E-state index contributed by atoms with van der Waals surface area (Å²) >= 11 is 0. The van der Waals surface area contributed by atoms with E-state index in [9.17, 15) is 14.0 Å². The molecule has 3 amide bonds. The van der Waals surface area contributed by atoms with Gasteiger partial charge in [0.05, 0.1) is 7.11 Å². The maximum Gasteiger partial charge on any atom is 0.322 e. The number of fused-ring (bicyclic) bond motifs is 2. The third kappa shape index (κ3) is 4.94. The van der Waals surface area contributed by atoms with Crippen molar-refractivity contribution in [3.05, 3.63) is 76.5 Å². The molecule has 1 aromatic heterocycles. The van der Waals surface area contributed by atoms with Crippen LogP contribution in [0.4, 0.5) is 20.7 Å². The van der Waals surface area contributed by atoms with Crippen molar-refractivity contribution in [1.29, 1.82) is 0 Å². The van der Waals surface area contributed by atoms with Crippen LogP contribution in [0, 0.1) is 12.7 Å². The molecule has 3 aromatic rings. The van der Waals surface area contributed by atoms with E-state index in [0.717, 1.165) is 47.4 Å². The molecule has 0 atom stereocenters. The number of hydrogen-bond donors (Lipinski definition) is 1. The lowest BCUT2D eigenvalue weighted by Gasteiger charge is -2.38. The van der Waals surface area contributed by atoms with Crippen LogP contribution in [0.1, 0.15) is 45.6 Å². The average molecular weight is 545 g/mol. The number of amides is 3. The van der Waals surface area contributed by atoms with Gasteiger partial charge in [-0.2, -0.15) is 0 Å². The molecule has 40 heavy (non-hydrogen) atoms. The predicted molar refractivity (Wildman–Crippen MR) is 149 cm³/mol. The molecule has 0 bridgehead atoms. The minimum atomic E-state index is -0.272. The van der Waals surface area contributed by atoms with E-state index in [1.54, 1.807) is 24.1 Å². The number of benzene rings is 2. The lowest BCUT2D eigenvalue weighted by molar-refractivity contribution is 0.0726. The lowest BCUT2D eigenvalue weighted by atomic mass is 9.94. The summed E-state index contributed by atoms with van der Waals surface area (Å²) in [5.41, 5.74) is 4.86. The van der Waals surface area contributed by atoms with Crippen LogP contribution in [-0.4, -0.2) is 71.0 Å². The van der Waals surface area contributed by atoms with E-state index in [0.29, 0.717) is 49.7 Å². The smallest absolute Gasteiger partial charge is 0.322 e. The maximum atomic E-state index is 14.5. The number of urea groups is 1. The number of carbonyl (C=O) groups is 2. The third-order valence-electron chi connectivity index (χ3n) is 8.41. The van der Waals surface area contributed by atoms with Gasteiger partial charge in [-0.15, -0.1) is 0 Å². The molecule has 0 spiro atoms. The average Bonchev–Trinajstić information content (AvgIpc) is 3.16. The molecular weight excluding hydrogens is 511 g/mol. The minimum absolute atomic E-state index is 0.0768. The van der Waals surface area contributed by atoms with E-state index in [2.05, 4.69) is 20.2 Å². The molecule has 9 nitrogen and oxygen atoms in total. The topological polar surface area (TPSA) is 90.9 Å². The van der Waals surface area contributed by atoms with Crippen molar-refractivity contribution in [3.63, 3.8) is 0 Å². The normalized spacial score (nSPS) is 17.6. The van der Waals surface area contributed by atoms with Gasteiger partial charge in [0.1, 0.15) is 29.4 Å². The number of rotatable bonds is 4. The molecule has 10 heteroatoms. The first-order valence-electron chi connectivity index (χ1n) is 13.8. The zero-order valence-corrected chi connectivity index (χ0v) is 22.8. The number of hydrogen-bond acceptors (Lipinski definition) is 6. The van der Waals surface area contributed by atoms with Gasteiger partial charge in [-0.25, -0.2) is 19.2 Å². The first kappa shape index (κ1) is 26.0. The van der Waals surface area contributed by atoms with Crippen molar-refractivity contribution in [2.45, 2.75) is 45.2 Å². The highest BCUT2D eigenvalue weighted by Gasteiger charge is 2.31. The number of carbonyl (C=O) groups excluding carboxylic acids is 2. The summed E-state index contributed by atoms with van der Waals surface area (Å²) in [6.45, 7) is 4.80. The van der Waals surface area contributed by atoms with Crippen molar-refractivity contribution in [1.82, 2.24) is 19.8 Å². The fourth-order valence-corrected chi connectivity index (χ4v) is 6.10. The fourth-order valence-electron chi connectivity index (χ4n) is 6.10. The summed E-state index contributed by atoms with van der Waals surface area (Å²) < 4.78 is 19.9. The number of nitrogens with zero attached hydrogens (tertiary/aromatic N) is 5. The van der Waals surface area contributed by atoms with Gasteiger partial charge in [0, 0.05) is 56.1 Å². The highest BCUT2D eigenvalue weighted by atomic mass is 19.1.